The second-order valence-electron chi connectivity index (χ2n) is 9.40. The molecule has 1 aliphatic heterocycles. The summed E-state index contributed by atoms with van der Waals surface area (Å²) in [7, 11) is 8.25. The van der Waals surface area contributed by atoms with Crippen molar-refractivity contribution in [3.05, 3.63) is 52.6 Å². The average Bonchev–Trinajstić information content (AvgIpc) is 3.11. The molecule has 0 spiro atoms. The van der Waals surface area contributed by atoms with Gasteiger partial charge in [-0.1, -0.05) is 0 Å². The van der Waals surface area contributed by atoms with Gasteiger partial charge < -0.3 is 33.9 Å². The van der Waals surface area contributed by atoms with Gasteiger partial charge in [0, 0.05) is 18.7 Å². The Balaban J connectivity index is 2.23. The van der Waals surface area contributed by atoms with Crippen LogP contribution < -0.4 is 18.9 Å². The standard InChI is InChI=1S/C28H36N2O7/c1-16(2)37-20-10-9-18(13-17(20)3)25(31)23-24(30(12-11-29(4)5)28(33)26(23)32)19-14-21(34-6)27(36-8)22(15-19)35-7/h9-10,13-16,24,31H,11-12H2,1-8H3/b25-23-. The normalized spacial score (nSPS) is 17.0. The number of likely N-dealkylation sites (N-methyl/N-ethyl adjacent to an activating group) is 1. The number of carbonyl (C=O) groups is 2. The maximum atomic E-state index is 13.4. The van der Waals surface area contributed by atoms with E-state index in [-0.39, 0.29) is 24.0 Å². The minimum atomic E-state index is -0.861. The number of hydrogen-bond donors (Lipinski definition) is 1. The maximum Gasteiger partial charge on any atom is 0.295 e. The minimum absolute atomic E-state index is 0.00467. The minimum Gasteiger partial charge on any atom is -0.507 e. The van der Waals surface area contributed by atoms with Gasteiger partial charge in [0.1, 0.15) is 11.5 Å². The van der Waals surface area contributed by atoms with Gasteiger partial charge in [-0.25, -0.2) is 0 Å². The van der Waals surface area contributed by atoms with Crippen LogP contribution in [0.15, 0.2) is 35.9 Å². The lowest BCUT2D eigenvalue weighted by atomic mass is 9.94. The summed E-state index contributed by atoms with van der Waals surface area (Å²) in [5.74, 6) is 0.120. The van der Waals surface area contributed by atoms with E-state index in [1.165, 1.54) is 26.2 Å². The van der Waals surface area contributed by atoms with Crippen molar-refractivity contribution in [2.45, 2.75) is 32.9 Å². The van der Waals surface area contributed by atoms with Crippen LogP contribution in [0.2, 0.25) is 0 Å². The van der Waals surface area contributed by atoms with E-state index in [4.69, 9.17) is 18.9 Å². The van der Waals surface area contributed by atoms with Crippen LogP contribution in [0.3, 0.4) is 0 Å². The summed E-state index contributed by atoms with van der Waals surface area (Å²) in [6.45, 7) is 6.52. The van der Waals surface area contributed by atoms with Gasteiger partial charge in [0.05, 0.1) is 39.0 Å². The summed E-state index contributed by atoms with van der Waals surface area (Å²) in [5, 5.41) is 11.4. The number of amides is 1. The van der Waals surface area contributed by atoms with Crippen molar-refractivity contribution in [1.82, 2.24) is 9.80 Å². The fourth-order valence-corrected chi connectivity index (χ4v) is 4.36. The highest BCUT2D eigenvalue weighted by Gasteiger charge is 2.46. The first-order valence-electron chi connectivity index (χ1n) is 12.0. The van der Waals surface area contributed by atoms with Crippen LogP contribution in [-0.2, 0) is 9.59 Å². The molecule has 1 atom stereocenters. The number of nitrogens with zero attached hydrogens (tertiary/aromatic N) is 2. The smallest absolute Gasteiger partial charge is 0.295 e. The highest BCUT2D eigenvalue weighted by molar-refractivity contribution is 6.46. The van der Waals surface area contributed by atoms with Crippen LogP contribution >= 0.6 is 0 Å². The highest BCUT2D eigenvalue weighted by Crippen LogP contribution is 2.45. The lowest BCUT2D eigenvalue weighted by molar-refractivity contribution is -0.140. The molecule has 1 fully saturated rings. The number of methoxy groups -OCH3 is 3. The van der Waals surface area contributed by atoms with Crippen molar-refractivity contribution in [2.75, 3.05) is 48.5 Å². The van der Waals surface area contributed by atoms with Crippen molar-refractivity contribution in [3.8, 4) is 23.0 Å². The number of hydrogen-bond acceptors (Lipinski definition) is 8. The number of carbonyl (C=O) groups excluding carboxylic acids is 2. The van der Waals surface area contributed by atoms with Gasteiger partial charge in [-0.3, -0.25) is 9.59 Å². The Morgan fingerprint density at radius 1 is 1.00 bits per heavy atom. The number of ether oxygens (including phenoxy) is 4. The molecule has 0 saturated carbocycles. The molecule has 200 valence electrons. The maximum absolute atomic E-state index is 13.4. The van der Waals surface area contributed by atoms with Gasteiger partial charge in [0.25, 0.3) is 11.7 Å². The summed E-state index contributed by atoms with van der Waals surface area (Å²) in [5.41, 5.74) is 1.75. The number of Topliss-reactive ketones (excluding diaryl/α,β-unsaturated/α-hetero) is 1. The van der Waals surface area contributed by atoms with E-state index >= 15 is 0 Å². The number of aliphatic hydroxyl groups excluding tert-OH is 1. The summed E-state index contributed by atoms with van der Waals surface area (Å²) >= 11 is 0. The van der Waals surface area contributed by atoms with E-state index in [1.807, 2.05) is 39.8 Å². The molecular weight excluding hydrogens is 476 g/mol. The van der Waals surface area contributed by atoms with Crippen molar-refractivity contribution in [2.24, 2.45) is 0 Å². The van der Waals surface area contributed by atoms with Crippen LogP contribution in [-0.4, -0.2) is 81.2 Å². The van der Waals surface area contributed by atoms with Crippen LogP contribution in [0.4, 0.5) is 0 Å². The van der Waals surface area contributed by atoms with E-state index in [0.717, 1.165) is 5.56 Å². The Morgan fingerprint density at radius 2 is 1.62 bits per heavy atom. The number of likely N-dealkylation sites (tertiary alicyclic amines) is 1. The molecule has 9 nitrogen and oxygen atoms in total. The van der Waals surface area contributed by atoms with Crippen LogP contribution in [0.1, 0.15) is 36.6 Å². The van der Waals surface area contributed by atoms with Crippen LogP contribution in [0.5, 0.6) is 23.0 Å². The first kappa shape index (κ1) is 27.9. The Labute approximate surface area is 218 Å². The van der Waals surface area contributed by atoms with Crippen LogP contribution in [0.25, 0.3) is 5.76 Å². The zero-order chi connectivity index (χ0) is 27.4. The highest BCUT2D eigenvalue weighted by atomic mass is 16.5. The zero-order valence-electron chi connectivity index (χ0n) is 22.7. The SMILES string of the molecule is COc1cc(C2/C(=C(/O)c3ccc(OC(C)C)c(C)c3)C(=O)C(=O)N2CCN(C)C)cc(OC)c1OC. The summed E-state index contributed by atoms with van der Waals surface area (Å²) < 4.78 is 22.3. The number of ketones is 1. The van der Waals surface area contributed by atoms with Crippen molar-refractivity contribution in [1.29, 1.82) is 0 Å². The Hall–Kier alpha value is -3.72. The Kier molecular flexibility index (Phi) is 8.70. The molecular formula is C28H36N2O7. The van der Waals surface area contributed by atoms with E-state index in [1.54, 1.807) is 30.3 Å². The average molecular weight is 513 g/mol. The first-order valence-corrected chi connectivity index (χ1v) is 12.0. The zero-order valence-corrected chi connectivity index (χ0v) is 22.7. The fourth-order valence-electron chi connectivity index (χ4n) is 4.36. The van der Waals surface area contributed by atoms with Gasteiger partial charge in [0.2, 0.25) is 5.75 Å². The molecule has 1 amide bonds. The van der Waals surface area contributed by atoms with Crippen LogP contribution in [0, 0.1) is 6.92 Å². The third-order valence-electron chi connectivity index (χ3n) is 6.14. The summed E-state index contributed by atoms with van der Waals surface area (Å²) in [6.07, 6.45) is -0.0137. The van der Waals surface area contributed by atoms with Crippen molar-refractivity contribution >= 4 is 17.4 Å². The van der Waals surface area contributed by atoms with Gasteiger partial charge in [-0.2, -0.15) is 0 Å². The molecule has 2 aromatic carbocycles. The van der Waals surface area contributed by atoms with E-state index in [9.17, 15) is 14.7 Å². The molecule has 0 aliphatic carbocycles. The molecule has 1 unspecified atom stereocenters. The molecule has 1 aliphatic rings. The molecule has 1 saturated heterocycles. The topological polar surface area (TPSA) is 97.8 Å². The van der Waals surface area contributed by atoms with E-state index < -0.39 is 17.7 Å². The number of aliphatic hydroxyl groups is 1. The van der Waals surface area contributed by atoms with Gasteiger partial charge >= 0.3 is 0 Å². The predicted octanol–water partition coefficient (Wildman–Crippen LogP) is 3.79. The summed E-state index contributed by atoms with van der Waals surface area (Å²) in [6, 6.07) is 7.70. The summed E-state index contributed by atoms with van der Waals surface area (Å²) in [4.78, 5) is 30.0. The number of rotatable bonds is 10. The molecule has 0 aromatic heterocycles. The Bertz CT molecular complexity index is 1180. The predicted molar refractivity (Wildman–Crippen MR) is 141 cm³/mol. The molecule has 0 radical (unpaired) electrons. The molecule has 2 aromatic rings. The third kappa shape index (κ3) is 5.67. The van der Waals surface area contributed by atoms with Gasteiger partial charge in [-0.15, -0.1) is 0 Å². The lowest BCUT2D eigenvalue weighted by Gasteiger charge is -2.27. The lowest BCUT2D eigenvalue weighted by Crippen LogP contribution is -2.35. The van der Waals surface area contributed by atoms with Gasteiger partial charge in [-0.05, 0) is 76.3 Å². The molecule has 37 heavy (non-hydrogen) atoms. The molecule has 9 heteroatoms. The Morgan fingerprint density at radius 3 is 2.11 bits per heavy atom. The molecule has 1 heterocycles. The van der Waals surface area contributed by atoms with Crippen molar-refractivity contribution in [3.63, 3.8) is 0 Å². The second kappa shape index (κ2) is 11.6. The third-order valence-corrected chi connectivity index (χ3v) is 6.14. The molecule has 0 bridgehead atoms. The largest absolute Gasteiger partial charge is 0.507 e. The quantitative estimate of drug-likeness (QED) is 0.292. The van der Waals surface area contributed by atoms with E-state index in [2.05, 4.69) is 0 Å². The van der Waals surface area contributed by atoms with E-state index in [0.29, 0.717) is 40.7 Å². The molecule has 1 N–H and O–H groups in total. The first-order chi connectivity index (χ1) is 17.5. The fraction of sp³-hybridized carbons (Fsp3) is 0.429. The molecule has 3 rings (SSSR count). The van der Waals surface area contributed by atoms with Crippen molar-refractivity contribution < 1.29 is 33.6 Å². The number of benzene rings is 2. The monoisotopic (exact) mass is 512 g/mol. The number of aryl methyl sites for hydroxylation is 1. The van der Waals surface area contributed by atoms with Gasteiger partial charge in [0.15, 0.2) is 11.5 Å². The second-order valence-corrected chi connectivity index (χ2v) is 9.40.